The van der Waals surface area contributed by atoms with E-state index in [1.54, 1.807) is 0 Å². The molecule has 1 saturated heterocycles. The molecule has 106 valence electrons. The van der Waals surface area contributed by atoms with Gasteiger partial charge in [0, 0.05) is 48.9 Å². The van der Waals surface area contributed by atoms with Gasteiger partial charge in [0.25, 0.3) is 0 Å². The average molecular weight is 287 g/mol. The maximum Gasteiger partial charge on any atom is 0.123 e. The standard InChI is InChI=1S/C16H21N3S/c1-12-3-5-14(6-4-12)16-18-9-15(20-16)11-19-8-7-17-13(2)10-19/h3-6,9,13,17H,7-8,10-11H2,1-2H3. The minimum Gasteiger partial charge on any atom is -0.312 e. The van der Waals surface area contributed by atoms with Crippen LogP contribution < -0.4 is 5.32 Å². The van der Waals surface area contributed by atoms with Crippen molar-refractivity contribution in [3.8, 4) is 10.6 Å². The molecule has 1 aliphatic rings. The second kappa shape index (κ2) is 6.04. The highest BCUT2D eigenvalue weighted by Gasteiger charge is 2.16. The summed E-state index contributed by atoms with van der Waals surface area (Å²) in [5.74, 6) is 0. The van der Waals surface area contributed by atoms with E-state index in [2.05, 4.69) is 53.3 Å². The van der Waals surface area contributed by atoms with Crippen molar-refractivity contribution in [2.24, 2.45) is 0 Å². The highest BCUT2D eigenvalue weighted by molar-refractivity contribution is 7.15. The number of piperazine rings is 1. The second-order valence-electron chi connectivity index (χ2n) is 5.59. The molecule has 1 aromatic carbocycles. The zero-order valence-electron chi connectivity index (χ0n) is 12.1. The number of benzene rings is 1. The fraction of sp³-hybridized carbons (Fsp3) is 0.438. The van der Waals surface area contributed by atoms with Gasteiger partial charge in [0.2, 0.25) is 0 Å². The molecule has 1 unspecified atom stereocenters. The molecule has 1 aliphatic heterocycles. The van der Waals surface area contributed by atoms with E-state index in [0.717, 1.165) is 31.2 Å². The lowest BCUT2D eigenvalue weighted by Gasteiger charge is -2.31. The monoisotopic (exact) mass is 287 g/mol. The van der Waals surface area contributed by atoms with Crippen LogP contribution in [-0.4, -0.2) is 35.6 Å². The van der Waals surface area contributed by atoms with Gasteiger partial charge in [0.05, 0.1) is 0 Å². The van der Waals surface area contributed by atoms with Crippen LogP contribution in [0.5, 0.6) is 0 Å². The van der Waals surface area contributed by atoms with E-state index in [9.17, 15) is 0 Å². The van der Waals surface area contributed by atoms with E-state index >= 15 is 0 Å². The first-order valence-electron chi connectivity index (χ1n) is 7.18. The number of hydrogen-bond acceptors (Lipinski definition) is 4. The van der Waals surface area contributed by atoms with Gasteiger partial charge in [-0.1, -0.05) is 29.8 Å². The number of rotatable bonds is 3. The fourth-order valence-electron chi connectivity index (χ4n) is 2.59. The smallest absolute Gasteiger partial charge is 0.123 e. The first kappa shape index (κ1) is 13.7. The summed E-state index contributed by atoms with van der Waals surface area (Å²) >= 11 is 1.81. The Kier molecular flexibility index (Phi) is 4.15. The van der Waals surface area contributed by atoms with Crippen molar-refractivity contribution >= 4 is 11.3 Å². The lowest BCUT2D eigenvalue weighted by Crippen LogP contribution is -2.48. The summed E-state index contributed by atoms with van der Waals surface area (Å²) in [7, 11) is 0. The molecule has 0 spiro atoms. The molecule has 3 rings (SSSR count). The summed E-state index contributed by atoms with van der Waals surface area (Å²) in [6, 6.07) is 9.20. The molecule has 2 heterocycles. The molecule has 0 amide bonds. The summed E-state index contributed by atoms with van der Waals surface area (Å²) in [6.07, 6.45) is 2.03. The van der Waals surface area contributed by atoms with E-state index in [0.29, 0.717) is 6.04 Å². The van der Waals surface area contributed by atoms with Gasteiger partial charge in [0.1, 0.15) is 5.01 Å². The molecule has 0 saturated carbocycles. The maximum atomic E-state index is 4.58. The van der Waals surface area contributed by atoms with E-state index in [4.69, 9.17) is 0 Å². The van der Waals surface area contributed by atoms with Gasteiger partial charge in [-0.25, -0.2) is 4.98 Å². The van der Waals surface area contributed by atoms with Crippen LogP contribution in [0.2, 0.25) is 0 Å². The van der Waals surface area contributed by atoms with Crippen molar-refractivity contribution in [2.45, 2.75) is 26.4 Å². The number of aromatic nitrogens is 1. The van der Waals surface area contributed by atoms with Crippen molar-refractivity contribution < 1.29 is 0 Å². The molecule has 1 fully saturated rings. The third kappa shape index (κ3) is 3.26. The number of thiazole rings is 1. The number of nitrogens with zero attached hydrogens (tertiary/aromatic N) is 2. The van der Waals surface area contributed by atoms with Gasteiger partial charge in [-0.2, -0.15) is 0 Å². The van der Waals surface area contributed by atoms with Gasteiger partial charge in [-0.15, -0.1) is 11.3 Å². The molecule has 4 heteroatoms. The van der Waals surface area contributed by atoms with Crippen molar-refractivity contribution in [2.75, 3.05) is 19.6 Å². The van der Waals surface area contributed by atoms with Crippen LogP contribution in [0.4, 0.5) is 0 Å². The topological polar surface area (TPSA) is 28.2 Å². The normalized spacial score (nSPS) is 20.2. The molecule has 0 radical (unpaired) electrons. The second-order valence-corrected chi connectivity index (χ2v) is 6.70. The molecule has 1 N–H and O–H groups in total. The summed E-state index contributed by atoms with van der Waals surface area (Å²) in [6.45, 7) is 8.72. The van der Waals surface area contributed by atoms with E-state index < -0.39 is 0 Å². The molecule has 20 heavy (non-hydrogen) atoms. The van der Waals surface area contributed by atoms with Crippen molar-refractivity contribution in [1.82, 2.24) is 15.2 Å². The van der Waals surface area contributed by atoms with Crippen LogP contribution in [0, 0.1) is 6.92 Å². The zero-order chi connectivity index (χ0) is 13.9. The highest BCUT2D eigenvalue weighted by Crippen LogP contribution is 2.26. The zero-order valence-corrected chi connectivity index (χ0v) is 12.9. The van der Waals surface area contributed by atoms with Gasteiger partial charge < -0.3 is 5.32 Å². The summed E-state index contributed by atoms with van der Waals surface area (Å²) in [5.41, 5.74) is 2.51. The van der Waals surface area contributed by atoms with Crippen LogP contribution in [-0.2, 0) is 6.54 Å². The summed E-state index contributed by atoms with van der Waals surface area (Å²) < 4.78 is 0. The minimum atomic E-state index is 0.591. The molecule has 1 atom stereocenters. The Morgan fingerprint density at radius 1 is 1.35 bits per heavy atom. The summed E-state index contributed by atoms with van der Waals surface area (Å²) in [5, 5.41) is 4.61. The lowest BCUT2D eigenvalue weighted by atomic mass is 10.2. The predicted molar refractivity (Wildman–Crippen MR) is 85.0 cm³/mol. The van der Waals surface area contributed by atoms with E-state index in [-0.39, 0.29) is 0 Å². The van der Waals surface area contributed by atoms with Gasteiger partial charge in [-0.05, 0) is 13.8 Å². The number of aryl methyl sites for hydroxylation is 1. The molecular weight excluding hydrogens is 266 g/mol. The van der Waals surface area contributed by atoms with E-state index in [1.807, 2.05) is 17.5 Å². The van der Waals surface area contributed by atoms with Crippen molar-refractivity contribution in [3.05, 3.63) is 40.9 Å². The minimum absolute atomic E-state index is 0.591. The van der Waals surface area contributed by atoms with Crippen LogP contribution >= 0.6 is 11.3 Å². The van der Waals surface area contributed by atoms with Crippen LogP contribution in [0.3, 0.4) is 0 Å². The highest BCUT2D eigenvalue weighted by atomic mass is 32.1. The van der Waals surface area contributed by atoms with Crippen molar-refractivity contribution in [1.29, 1.82) is 0 Å². The quantitative estimate of drug-likeness (QED) is 0.941. The predicted octanol–water partition coefficient (Wildman–Crippen LogP) is 2.91. The lowest BCUT2D eigenvalue weighted by molar-refractivity contribution is 0.201. The summed E-state index contributed by atoms with van der Waals surface area (Å²) in [4.78, 5) is 8.44. The van der Waals surface area contributed by atoms with Gasteiger partial charge >= 0.3 is 0 Å². The fourth-order valence-corrected chi connectivity index (χ4v) is 3.55. The Hall–Kier alpha value is -1.23. The molecule has 3 nitrogen and oxygen atoms in total. The SMILES string of the molecule is Cc1ccc(-c2ncc(CN3CCNC(C)C3)s2)cc1. The largest absolute Gasteiger partial charge is 0.312 e. The molecular formula is C16H21N3S. The maximum absolute atomic E-state index is 4.58. The Labute approximate surface area is 124 Å². The molecule has 0 aliphatic carbocycles. The Bertz CT molecular complexity index is 561. The van der Waals surface area contributed by atoms with Crippen LogP contribution in [0.1, 0.15) is 17.4 Å². The molecule has 2 aromatic rings. The number of nitrogens with one attached hydrogen (secondary N) is 1. The van der Waals surface area contributed by atoms with Crippen LogP contribution in [0.25, 0.3) is 10.6 Å². The van der Waals surface area contributed by atoms with E-state index in [1.165, 1.54) is 16.0 Å². The Balaban J connectivity index is 1.69. The first-order chi connectivity index (χ1) is 9.70. The average Bonchev–Trinajstić information content (AvgIpc) is 2.88. The Morgan fingerprint density at radius 2 is 2.15 bits per heavy atom. The van der Waals surface area contributed by atoms with Gasteiger partial charge in [-0.3, -0.25) is 4.90 Å². The molecule has 1 aromatic heterocycles. The third-order valence-corrected chi connectivity index (χ3v) is 4.72. The molecule has 0 bridgehead atoms. The first-order valence-corrected chi connectivity index (χ1v) is 8.00. The van der Waals surface area contributed by atoms with Gasteiger partial charge in [0.15, 0.2) is 0 Å². The van der Waals surface area contributed by atoms with Crippen LogP contribution in [0.15, 0.2) is 30.5 Å². The Morgan fingerprint density at radius 3 is 2.90 bits per heavy atom. The van der Waals surface area contributed by atoms with Crippen molar-refractivity contribution in [3.63, 3.8) is 0 Å². The third-order valence-electron chi connectivity index (χ3n) is 3.68. The number of hydrogen-bond donors (Lipinski definition) is 1.